The van der Waals surface area contributed by atoms with Gasteiger partial charge in [0.05, 0.1) is 12.0 Å². The Bertz CT molecular complexity index is 568. The maximum atomic E-state index is 11.2. The Hall–Kier alpha value is -1.89. The smallest absolute Gasteiger partial charge is 0.333 e. The molecule has 108 valence electrons. The van der Waals surface area contributed by atoms with E-state index in [4.69, 9.17) is 4.74 Å². The molecule has 0 saturated heterocycles. The standard InChI is InChI=1S/C13H14BrNO5/c1-8(13(16)19-3)4-5-20-12-9(2)6-10(14)7-11(12)15(17)18/h4,6-7H,5H2,1-3H3. The summed E-state index contributed by atoms with van der Waals surface area (Å²) in [5.41, 5.74) is 0.890. The summed E-state index contributed by atoms with van der Waals surface area (Å²) in [5.74, 6) is -0.275. The molecule has 20 heavy (non-hydrogen) atoms. The minimum Gasteiger partial charge on any atom is -0.482 e. The molecule has 0 spiro atoms. The van der Waals surface area contributed by atoms with Crippen LogP contribution in [0.15, 0.2) is 28.3 Å². The monoisotopic (exact) mass is 343 g/mol. The first-order valence-corrected chi connectivity index (χ1v) is 6.48. The zero-order valence-electron chi connectivity index (χ0n) is 11.3. The molecule has 1 aromatic rings. The Balaban J connectivity index is 2.93. The highest BCUT2D eigenvalue weighted by atomic mass is 79.9. The third-order valence-electron chi connectivity index (χ3n) is 2.54. The summed E-state index contributed by atoms with van der Waals surface area (Å²) in [6.45, 7) is 3.34. The summed E-state index contributed by atoms with van der Waals surface area (Å²) in [5, 5.41) is 11.0. The maximum absolute atomic E-state index is 11.2. The fourth-order valence-electron chi connectivity index (χ4n) is 1.53. The van der Waals surface area contributed by atoms with Gasteiger partial charge < -0.3 is 9.47 Å². The number of esters is 1. The first-order valence-electron chi connectivity index (χ1n) is 5.69. The fourth-order valence-corrected chi connectivity index (χ4v) is 2.09. The lowest BCUT2D eigenvalue weighted by atomic mass is 10.2. The molecule has 0 radical (unpaired) electrons. The number of nitrogens with zero attached hydrogens (tertiary/aromatic N) is 1. The van der Waals surface area contributed by atoms with Gasteiger partial charge >= 0.3 is 11.7 Å². The molecule has 0 fully saturated rings. The third kappa shape index (κ3) is 4.06. The topological polar surface area (TPSA) is 78.7 Å². The number of nitro benzene ring substituents is 1. The molecule has 0 aliphatic heterocycles. The molecule has 0 aromatic heterocycles. The van der Waals surface area contributed by atoms with Gasteiger partial charge in [-0.2, -0.15) is 0 Å². The Morgan fingerprint density at radius 3 is 2.70 bits per heavy atom. The molecule has 0 bridgehead atoms. The van der Waals surface area contributed by atoms with Crippen molar-refractivity contribution in [1.82, 2.24) is 0 Å². The zero-order valence-corrected chi connectivity index (χ0v) is 12.9. The van der Waals surface area contributed by atoms with E-state index in [9.17, 15) is 14.9 Å². The zero-order chi connectivity index (χ0) is 15.3. The van der Waals surface area contributed by atoms with Crippen LogP contribution in [0, 0.1) is 17.0 Å². The number of carbonyl (C=O) groups excluding carboxylic acids is 1. The van der Waals surface area contributed by atoms with Crippen LogP contribution in [-0.4, -0.2) is 24.6 Å². The Morgan fingerprint density at radius 1 is 1.50 bits per heavy atom. The second kappa shape index (κ2) is 7.04. The Morgan fingerprint density at radius 2 is 2.15 bits per heavy atom. The van der Waals surface area contributed by atoms with E-state index in [1.54, 1.807) is 19.9 Å². The molecular weight excluding hydrogens is 330 g/mol. The van der Waals surface area contributed by atoms with Crippen molar-refractivity contribution in [3.8, 4) is 5.75 Å². The highest BCUT2D eigenvalue weighted by Gasteiger charge is 2.18. The molecule has 1 rings (SSSR count). The number of hydrogen-bond acceptors (Lipinski definition) is 5. The van der Waals surface area contributed by atoms with Crippen LogP contribution in [-0.2, 0) is 9.53 Å². The van der Waals surface area contributed by atoms with Crippen molar-refractivity contribution < 1.29 is 19.2 Å². The van der Waals surface area contributed by atoms with Crippen LogP contribution in [0.2, 0.25) is 0 Å². The molecule has 7 heteroatoms. The molecule has 0 aliphatic carbocycles. The van der Waals surface area contributed by atoms with Gasteiger partial charge in [0.1, 0.15) is 6.61 Å². The summed E-state index contributed by atoms with van der Waals surface area (Å²) in [4.78, 5) is 21.7. The Kier molecular flexibility index (Phi) is 5.69. The highest BCUT2D eigenvalue weighted by molar-refractivity contribution is 9.10. The number of methoxy groups -OCH3 is 1. The number of hydrogen-bond donors (Lipinski definition) is 0. The van der Waals surface area contributed by atoms with Crippen molar-refractivity contribution in [3.05, 3.63) is 43.9 Å². The first kappa shape index (κ1) is 16.2. The minimum atomic E-state index is -0.510. The first-order chi connectivity index (χ1) is 9.36. The fraction of sp³-hybridized carbons (Fsp3) is 0.308. The lowest BCUT2D eigenvalue weighted by Crippen LogP contribution is -2.05. The van der Waals surface area contributed by atoms with Crippen molar-refractivity contribution in [2.45, 2.75) is 13.8 Å². The summed E-state index contributed by atoms with van der Waals surface area (Å²) in [6, 6.07) is 3.10. The molecule has 6 nitrogen and oxygen atoms in total. The van der Waals surface area contributed by atoms with Gasteiger partial charge in [-0.25, -0.2) is 4.79 Å². The van der Waals surface area contributed by atoms with Crippen LogP contribution in [0.3, 0.4) is 0 Å². The van der Waals surface area contributed by atoms with Gasteiger partial charge in [-0.05, 0) is 31.6 Å². The normalized spacial score (nSPS) is 11.1. The number of rotatable bonds is 5. The second-order valence-corrected chi connectivity index (χ2v) is 4.93. The van der Waals surface area contributed by atoms with Crippen LogP contribution >= 0.6 is 15.9 Å². The summed E-state index contributed by atoms with van der Waals surface area (Å²) < 4.78 is 10.5. The van der Waals surface area contributed by atoms with E-state index >= 15 is 0 Å². The van der Waals surface area contributed by atoms with E-state index in [-0.39, 0.29) is 18.0 Å². The summed E-state index contributed by atoms with van der Waals surface area (Å²) in [7, 11) is 1.28. The molecular formula is C13H14BrNO5. The van der Waals surface area contributed by atoms with E-state index in [0.29, 0.717) is 15.6 Å². The van der Waals surface area contributed by atoms with Crippen molar-refractivity contribution in [2.75, 3.05) is 13.7 Å². The average Bonchev–Trinajstić information content (AvgIpc) is 2.39. The van der Waals surface area contributed by atoms with Gasteiger partial charge in [-0.3, -0.25) is 10.1 Å². The molecule has 0 saturated carbocycles. The van der Waals surface area contributed by atoms with Crippen LogP contribution in [0.5, 0.6) is 5.75 Å². The van der Waals surface area contributed by atoms with Crippen LogP contribution in [0.1, 0.15) is 12.5 Å². The van der Waals surface area contributed by atoms with Crippen LogP contribution in [0.4, 0.5) is 5.69 Å². The molecule has 0 heterocycles. The predicted molar refractivity (Wildman–Crippen MR) is 76.8 cm³/mol. The SMILES string of the molecule is COC(=O)C(C)=CCOc1c(C)cc(Br)cc1[N+](=O)[O-]. The van der Waals surface area contributed by atoms with Gasteiger partial charge in [0.2, 0.25) is 0 Å². The van der Waals surface area contributed by atoms with E-state index in [0.717, 1.165) is 0 Å². The van der Waals surface area contributed by atoms with E-state index in [2.05, 4.69) is 20.7 Å². The molecule has 0 N–H and O–H groups in total. The van der Waals surface area contributed by atoms with Gasteiger partial charge in [-0.1, -0.05) is 15.9 Å². The van der Waals surface area contributed by atoms with Crippen molar-refractivity contribution >= 4 is 27.6 Å². The molecule has 0 atom stereocenters. The number of benzene rings is 1. The number of halogens is 1. The van der Waals surface area contributed by atoms with Gasteiger partial charge in [0.15, 0.2) is 5.75 Å². The van der Waals surface area contributed by atoms with Gasteiger partial charge in [0.25, 0.3) is 0 Å². The number of aryl methyl sites for hydroxylation is 1. The maximum Gasteiger partial charge on any atom is 0.333 e. The predicted octanol–water partition coefficient (Wildman–Crippen LogP) is 3.16. The molecule has 0 amide bonds. The van der Waals surface area contributed by atoms with Gasteiger partial charge in [-0.15, -0.1) is 0 Å². The summed E-state index contributed by atoms with van der Waals surface area (Å²) in [6.07, 6.45) is 1.51. The number of nitro groups is 1. The van der Waals surface area contributed by atoms with E-state index in [1.807, 2.05) is 0 Å². The average molecular weight is 344 g/mol. The Labute approximate surface area is 124 Å². The van der Waals surface area contributed by atoms with Crippen molar-refractivity contribution in [3.63, 3.8) is 0 Å². The van der Waals surface area contributed by atoms with Crippen LogP contribution < -0.4 is 4.74 Å². The quantitative estimate of drug-likeness (QED) is 0.355. The number of ether oxygens (including phenoxy) is 2. The van der Waals surface area contributed by atoms with Crippen molar-refractivity contribution in [1.29, 1.82) is 0 Å². The lowest BCUT2D eigenvalue weighted by Gasteiger charge is -2.08. The van der Waals surface area contributed by atoms with Crippen LogP contribution in [0.25, 0.3) is 0 Å². The lowest BCUT2D eigenvalue weighted by molar-refractivity contribution is -0.385. The van der Waals surface area contributed by atoms with Gasteiger partial charge in [0, 0.05) is 16.1 Å². The number of carbonyl (C=O) groups is 1. The molecule has 1 aromatic carbocycles. The largest absolute Gasteiger partial charge is 0.482 e. The van der Waals surface area contributed by atoms with E-state index < -0.39 is 10.9 Å². The van der Waals surface area contributed by atoms with Crippen molar-refractivity contribution in [2.24, 2.45) is 0 Å². The van der Waals surface area contributed by atoms with E-state index in [1.165, 1.54) is 19.3 Å². The molecule has 0 aliphatic rings. The third-order valence-corrected chi connectivity index (χ3v) is 3.00. The summed E-state index contributed by atoms with van der Waals surface area (Å²) >= 11 is 3.20. The molecule has 0 unspecified atom stereocenters. The minimum absolute atomic E-state index is 0.0459. The highest BCUT2D eigenvalue weighted by Crippen LogP contribution is 2.34. The second-order valence-electron chi connectivity index (χ2n) is 4.02.